The van der Waals surface area contributed by atoms with Crippen molar-refractivity contribution in [2.75, 3.05) is 56.3 Å². The number of hydrogen-bond acceptors (Lipinski definition) is 11. The number of imide groups is 1. The number of pyridine rings is 1. The lowest BCUT2D eigenvalue weighted by Crippen LogP contribution is -2.49. The summed E-state index contributed by atoms with van der Waals surface area (Å²) in [5, 5.41) is 9.15. The fraction of sp³-hybridized carbons (Fsp3) is 0.389. The second-order valence-electron chi connectivity index (χ2n) is 13.0. The molecule has 1 aliphatic heterocycles. The molecule has 2 fully saturated rings. The number of carbonyl (C=O) groups excluding carboxylic acids is 3. The summed E-state index contributed by atoms with van der Waals surface area (Å²) in [7, 11) is -3.83. The van der Waals surface area contributed by atoms with Crippen LogP contribution in [0.15, 0.2) is 58.4 Å². The van der Waals surface area contributed by atoms with Gasteiger partial charge in [0.1, 0.15) is 10.7 Å². The molecule has 4 amide bonds. The summed E-state index contributed by atoms with van der Waals surface area (Å²) < 4.78 is 41.1. The molecule has 2 aromatic carbocycles. The van der Waals surface area contributed by atoms with Gasteiger partial charge >= 0.3 is 6.03 Å². The maximum absolute atomic E-state index is 13.0. The first kappa shape index (κ1) is 40.0. The first-order valence-electron chi connectivity index (χ1n) is 17.7. The van der Waals surface area contributed by atoms with E-state index in [1.165, 1.54) is 35.2 Å². The number of nitrogens with one attached hydrogen (secondary N) is 4. The molecule has 0 spiro atoms. The molecular weight excluding hydrogens is 775 g/mol. The zero-order chi connectivity index (χ0) is 39.1. The standard InChI is InChI=1S/C36H40Cl2N8O8S/c1-22-18-26(7-9-29(22)42-35-40-21-24-19-28(38)34(49)46(32(24)44-35)25-4-2-3-5-25)55(51,52)41-12-15-54-17-16-53-14-11-39-33(48)23-6-8-27(37)30(20-23)45-13-10-31(47)43-36(45)50/h6-9,18-21,25,41H,2-5,10-17H2,1H3,(H,39,48)(H,40,42,44)(H,43,47,50). The Morgan fingerprint density at radius 3 is 2.44 bits per heavy atom. The van der Waals surface area contributed by atoms with Crippen molar-refractivity contribution < 1.29 is 32.3 Å². The second-order valence-corrected chi connectivity index (χ2v) is 15.6. The molecule has 292 valence electrons. The monoisotopic (exact) mass is 814 g/mol. The largest absolute Gasteiger partial charge is 0.378 e. The Bertz CT molecular complexity index is 2270. The van der Waals surface area contributed by atoms with Crippen molar-refractivity contribution in [2.45, 2.75) is 50.0 Å². The normalized spacial score (nSPS) is 15.1. The number of ether oxygens (including phenoxy) is 2. The zero-order valence-corrected chi connectivity index (χ0v) is 32.2. The van der Waals surface area contributed by atoms with Crippen LogP contribution in [0.2, 0.25) is 10.0 Å². The number of carbonyl (C=O) groups is 3. The topological polar surface area (TPSA) is 203 Å². The minimum Gasteiger partial charge on any atom is -0.378 e. The van der Waals surface area contributed by atoms with Crippen LogP contribution in [-0.2, 0) is 24.3 Å². The van der Waals surface area contributed by atoms with E-state index in [4.69, 9.17) is 32.7 Å². The molecule has 1 saturated heterocycles. The van der Waals surface area contributed by atoms with E-state index in [1.54, 1.807) is 29.8 Å². The quantitative estimate of drug-likeness (QED) is 0.116. The third kappa shape index (κ3) is 9.78. The van der Waals surface area contributed by atoms with Gasteiger partial charge in [0.2, 0.25) is 21.9 Å². The fourth-order valence-corrected chi connectivity index (χ4v) is 7.88. The van der Waals surface area contributed by atoms with E-state index in [-0.39, 0.29) is 96.4 Å². The van der Waals surface area contributed by atoms with Crippen LogP contribution in [0.3, 0.4) is 0 Å². The van der Waals surface area contributed by atoms with E-state index >= 15 is 0 Å². The van der Waals surface area contributed by atoms with E-state index in [2.05, 4.69) is 30.6 Å². The molecule has 3 heterocycles. The van der Waals surface area contributed by atoms with Crippen LogP contribution in [-0.4, -0.2) is 86.9 Å². The number of benzene rings is 2. The van der Waals surface area contributed by atoms with Crippen LogP contribution in [0.25, 0.3) is 11.0 Å². The van der Waals surface area contributed by atoms with Crippen molar-refractivity contribution in [3.8, 4) is 0 Å². The first-order valence-corrected chi connectivity index (χ1v) is 19.9. The van der Waals surface area contributed by atoms with Gasteiger partial charge in [-0.3, -0.25) is 29.2 Å². The first-order chi connectivity index (χ1) is 26.4. The molecule has 19 heteroatoms. The number of aromatic nitrogens is 3. The van der Waals surface area contributed by atoms with Crippen LogP contribution < -0.4 is 31.1 Å². The van der Waals surface area contributed by atoms with Gasteiger partial charge in [-0.2, -0.15) is 4.98 Å². The number of anilines is 3. The molecule has 16 nitrogen and oxygen atoms in total. The molecule has 1 saturated carbocycles. The smallest absolute Gasteiger partial charge is 0.328 e. The maximum atomic E-state index is 13.0. The Labute approximate surface area is 326 Å². The Hall–Kier alpha value is -4.65. The van der Waals surface area contributed by atoms with Crippen molar-refractivity contribution in [2.24, 2.45) is 0 Å². The fourth-order valence-electron chi connectivity index (χ4n) is 6.36. The van der Waals surface area contributed by atoms with Crippen molar-refractivity contribution >= 4 is 79.4 Å². The lowest BCUT2D eigenvalue weighted by molar-refractivity contribution is -0.120. The Morgan fingerprint density at radius 2 is 1.71 bits per heavy atom. The molecule has 2 aromatic heterocycles. The zero-order valence-electron chi connectivity index (χ0n) is 29.9. The number of amides is 4. The summed E-state index contributed by atoms with van der Waals surface area (Å²) in [6.45, 7) is 2.89. The van der Waals surface area contributed by atoms with E-state index in [9.17, 15) is 27.6 Å². The summed E-state index contributed by atoms with van der Waals surface area (Å²) in [6.07, 6.45) is 5.55. The summed E-state index contributed by atoms with van der Waals surface area (Å²) in [5.41, 5.74) is 2.07. The minimum atomic E-state index is -3.83. The van der Waals surface area contributed by atoms with Crippen molar-refractivity contribution in [3.63, 3.8) is 0 Å². The third-order valence-corrected chi connectivity index (χ3v) is 11.2. The Kier molecular flexibility index (Phi) is 13.0. The molecule has 0 bridgehead atoms. The van der Waals surface area contributed by atoms with Crippen molar-refractivity contribution in [1.29, 1.82) is 0 Å². The highest BCUT2D eigenvalue weighted by atomic mass is 35.5. The number of nitrogens with zero attached hydrogens (tertiary/aromatic N) is 4. The summed E-state index contributed by atoms with van der Waals surface area (Å²) in [4.78, 5) is 59.7. The molecule has 0 radical (unpaired) electrons. The number of halogens is 2. The molecule has 4 aromatic rings. The number of fused-ring (bicyclic) bond motifs is 1. The molecule has 2 aliphatic rings. The lowest BCUT2D eigenvalue weighted by atomic mass is 10.1. The van der Waals surface area contributed by atoms with E-state index in [1.807, 2.05) is 0 Å². The molecule has 0 atom stereocenters. The average molecular weight is 816 g/mol. The van der Waals surface area contributed by atoms with E-state index < -0.39 is 22.0 Å². The van der Waals surface area contributed by atoms with Crippen LogP contribution >= 0.6 is 23.2 Å². The second kappa shape index (κ2) is 17.9. The van der Waals surface area contributed by atoms with Crippen LogP contribution in [0.1, 0.15) is 54.1 Å². The third-order valence-electron chi connectivity index (χ3n) is 9.17. The van der Waals surface area contributed by atoms with Gasteiger partial charge in [0, 0.05) is 54.9 Å². The van der Waals surface area contributed by atoms with Gasteiger partial charge in [-0.15, -0.1) is 0 Å². The minimum absolute atomic E-state index is 0.0215. The van der Waals surface area contributed by atoms with Gasteiger partial charge < -0.3 is 20.1 Å². The molecule has 0 unspecified atom stereocenters. The van der Waals surface area contributed by atoms with Crippen molar-refractivity contribution in [3.05, 3.63) is 80.2 Å². The van der Waals surface area contributed by atoms with Crippen LogP contribution in [0.5, 0.6) is 0 Å². The molecule has 4 N–H and O–H groups in total. The number of rotatable bonds is 16. The van der Waals surface area contributed by atoms with Gasteiger partial charge in [-0.05, 0) is 67.8 Å². The highest BCUT2D eigenvalue weighted by molar-refractivity contribution is 7.89. The van der Waals surface area contributed by atoms with Gasteiger partial charge in [0.15, 0.2) is 0 Å². The highest BCUT2D eigenvalue weighted by Gasteiger charge is 2.27. The summed E-state index contributed by atoms with van der Waals surface area (Å²) in [5.74, 6) is -0.501. The van der Waals surface area contributed by atoms with Crippen LogP contribution in [0, 0.1) is 6.92 Å². The predicted molar refractivity (Wildman–Crippen MR) is 207 cm³/mol. The number of aryl methyl sites for hydroxylation is 1. The highest BCUT2D eigenvalue weighted by Crippen LogP contribution is 2.32. The van der Waals surface area contributed by atoms with E-state index in [0.29, 0.717) is 28.0 Å². The molecular formula is C36H40Cl2N8O8S. The molecule has 6 rings (SSSR count). The SMILES string of the molecule is Cc1cc(S(=O)(=O)NCCOCCOCCNC(=O)c2ccc(Cl)c(N3CCC(=O)NC3=O)c2)ccc1Nc1ncc2cc(Cl)c(=O)n(C3CCCC3)c2n1. The predicted octanol–water partition coefficient (Wildman–Crippen LogP) is 4.45. The number of sulfonamides is 1. The molecule has 55 heavy (non-hydrogen) atoms. The number of urea groups is 1. The van der Waals surface area contributed by atoms with Gasteiger partial charge in [0.25, 0.3) is 11.5 Å². The molecule has 1 aliphatic carbocycles. The Balaban J connectivity index is 0.908. The average Bonchev–Trinajstić information content (AvgIpc) is 3.69. The number of hydrogen-bond donors (Lipinski definition) is 4. The van der Waals surface area contributed by atoms with Crippen LogP contribution in [0.4, 0.5) is 22.1 Å². The van der Waals surface area contributed by atoms with Gasteiger partial charge in [0.05, 0.1) is 42.0 Å². The van der Waals surface area contributed by atoms with Crippen molar-refractivity contribution in [1.82, 2.24) is 29.9 Å². The summed E-state index contributed by atoms with van der Waals surface area (Å²) in [6, 6.07) is 10.2. The lowest BCUT2D eigenvalue weighted by Gasteiger charge is -2.27. The van der Waals surface area contributed by atoms with E-state index in [0.717, 1.165) is 25.7 Å². The summed E-state index contributed by atoms with van der Waals surface area (Å²) >= 11 is 12.5. The van der Waals surface area contributed by atoms with Gasteiger partial charge in [-0.1, -0.05) is 36.0 Å². The Morgan fingerprint density at radius 1 is 0.964 bits per heavy atom. The maximum Gasteiger partial charge on any atom is 0.328 e. The van der Waals surface area contributed by atoms with Gasteiger partial charge in [-0.25, -0.2) is 22.9 Å².